The first-order valence-corrected chi connectivity index (χ1v) is 6.75. The molecule has 7 heteroatoms. The SMILES string of the molecule is CC1=C(C(=O)O)C(c2cccc(Cl)c2Cl)C(C(=O)O)C=N1. The van der Waals surface area contributed by atoms with E-state index >= 15 is 0 Å². The standard InChI is InChI=1S/C14H11Cl2NO4/c1-6-10(14(20)21)11(8(5-17-6)13(18)19)7-3-2-4-9(15)12(7)16/h2-5,8,11H,1H3,(H,18,19)(H,20,21). The molecule has 110 valence electrons. The zero-order valence-corrected chi connectivity index (χ0v) is 12.4. The van der Waals surface area contributed by atoms with Crippen LogP contribution in [0, 0.1) is 5.92 Å². The van der Waals surface area contributed by atoms with Crippen LogP contribution in [0.25, 0.3) is 0 Å². The molecule has 0 aromatic heterocycles. The normalized spacial score (nSPS) is 21.5. The highest BCUT2D eigenvalue weighted by Crippen LogP contribution is 2.41. The maximum Gasteiger partial charge on any atom is 0.334 e. The van der Waals surface area contributed by atoms with Gasteiger partial charge in [0.25, 0.3) is 0 Å². The molecule has 2 atom stereocenters. The number of carbonyl (C=O) groups is 2. The van der Waals surface area contributed by atoms with Gasteiger partial charge in [-0.25, -0.2) is 4.79 Å². The number of rotatable bonds is 3. The maximum atomic E-state index is 11.5. The van der Waals surface area contributed by atoms with E-state index in [1.807, 2.05) is 0 Å². The first-order chi connectivity index (χ1) is 9.84. The molecule has 1 aromatic rings. The number of allylic oxidation sites excluding steroid dienone is 1. The topological polar surface area (TPSA) is 87.0 Å². The molecule has 2 rings (SSSR count). The number of benzene rings is 1. The number of aliphatic carboxylic acids is 2. The Morgan fingerprint density at radius 3 is 2.48 bits per heavy atom. The summed E-state index contributed by atoms with van der Waals surface area (Å²) in [7, 11) is 0. The molecular formula is C14H11Cl2NO4. The maximum absolute atomic E-state index is 11.5. The van der Waals surface area contributed by atoms with Crippen LogP contribution in [0.2, 0.25) is 10.0 Å². The summed E-state index contributed by atoms with van der Waals surface area (Å²) in [5.74, 6) is -4.46. The average Bonchev–Trinajstić information content (AvgIpc) is 2.40. The summed E-state index contributed by atoms with van der Waals surface area (Å²) in [5.41, 5.74) is 0.523. The minimum Gasteiger partial charge on any atom is -0.481 e. The lowest BCUT2D eigenvalue weighted by molar-refractivity contribution is -0.139. The highest BCUT2D eigenvalue weighted by Gasteiger charge is 2.39. The van der Waals surface area contributed by atoms with E-state index < -0.39 is 23.8 Å². The van der Waals surface area contributed by atoms with Gasteiger partial charge in [-0.1, -0.05) is 35.3 Å². The summed E-state index contributed by atoms with van der Waals surface area (Å²) < 4.78 is 0. The average molecular weight is 328 g/mol. The quantitative estimate of drug-likeness (QED) is 0.892. The third kappa shape index (κ3) is 2.80. The Kier molecular flexibility index (Phi) is 4.34. The van der Waals surface area contributed by atoms with Crippen molar-refractivity contribution >= 4 is 41.4 Å². The van der Waals surface area contributed by atoms with E-state index in [9.17, 15) is 19.8 Å². The van der Waals surface area contributed by atoms with Crippen LogP contribution < -0.4 is 0 Å². The van der Waals surface area contributed by atoms with E-state index in [1.54, 1.807) is 18.2 Å². The molecule has 0 fully saturated rings. The van der Waals surface area contributed by atoms with E-state index in [-0.39, 0.29) is 21.3 Å². The lowest BCUT2D eigenvalue weighted by atomic mass is 9.78. The third-order valence-electron chi connectivity index (χ3n) is 3.32. The molecule has 1 heterocycles. The van der Waals surface area contributed by atoms with Crippen molar-refractivity contribution in [1.29, 1.82) is 0 Å². The number of halogens is 2. The zero-order valence-electron chi connectivity index (χ0n) is 10.9. The van der Waals surface area contributed by atoms with Gasteiger partial charge in [-0.05, 0) is 18.6 Å². The van der Waals surface area contributed by atoms with Gasteiger partial charge in [0.15, 0.2) is 0 Å². The van der Waals surface area contributed by atoms with Gasteiger partial charge >= 0.3 is 11.9 Å². The molecule has 0 radical (unpaired) electrons. The second kappa shape index (κ2) is 5.87. The highest BCUT2D eigenvalue weighted by atomic mass is 35.5. The lowest BCUT2D eigenvalue weighted by Gasteiger charge is -2.27. The molecule has 0 aliphatic carbocycles. The van der Waals surface area contributed by atoms with Gasteiger partial charge in [0.05, 0.1) is 15.6 Å². The predicted molar refractivity (Wildman–Crippen MR) is 79.2 cm³/mol. The van der Waals surface area contributed by atoms with Gasteiger partial charge in [0.1, 0.15) is 5.92 Å². The molecule has 1 aromatic carbocycles. The third-order valence-corrected chi connectivity index (χ3v) is 4.15. The van der Waals surface area contributed by atoms with Gasteiger partial charge in [0.2, 0.25) is 0 Å². The summed E-state index contributed by atoms with van der Waals surface area (Å²) >= 11 is 12.1. The highest BCUT2D eigenvalue weighted by molar-refractivity contribution is 6.42. The van der Waals surface area contributed by atoms with E-state index in [0.717, 1.165) is 0 Å². The van der Waals surface area contributed by atoms with Crippen molar-refractivity contribution in [2.24, 2.45) is 10.9 Å². The molecule has 0 bridgehead atoms. The van der Waals surface area contributed by atoms with Crippen molar-refractivity contribution in [3.8, 4) is 0 Å². The van der Waals surface area contributed by atoms with Gasteiger partial charge in [-0.3, -0.25) is 9.79 Å². The predicted octanol–water partition coefficient (Wildman–Crippen LogP) is 3.22. The monoisotopic (exact) mass is 327 g/mol. The van der Waals surface area contributed by atoms with Crippen LogP contribution in [-0.2, 0) is 9.59 Å². The van der Waals surface area contributed by atoms with Crippen molar-refractivity contribution in [3.63, 3.8) is 0 Å². The fraction of sp³-hybridized carbons (Fsp3) is 0.214. The van der Waals surface area contributed by atoms with Crippen molar-refractivity contribution in [2.75, 3.05) is 0 Å². The molecule has 5 nitrogen and oxygen atoms in total. The molecule has 21 heavy (non-hydrogen) atoms. The number of hydrogen-bond acceptors (Lipinski definition) is 3. The zero-order chi connectivity index (χ0) is 15.7. The number of carboxylic acids is 2. The Morgan fingerprint density at radius 1 is 1.24 bits per heavy atom. The lowest BCUT2D eigenvalue weighted by Crippen LogP contribution is -2.30. The largest absolute Gasteiger partial charge is 0.481 e. The van der Waals surface area contributed by atoms with Crippen LogP contribution in [-0.4, -0.2) is 28.4 Å². The molecule has 0 saturated carbocycles. The Hall–Kier alpha value is -1.85. The van der Waals surface area contributed by atoms with Crippen LogP contribution in [0.3, 0.4) is 0 Å². The van der Waals surface area contributed by atoms with Crippen molar-refractivity contribution in [3.05, 3.63) is 45.1 Å². The van der Waals surface area contributed by atoms with E-state index in [1.165, 1.54) is 13.1 Å². The Morgan fingerprint density at radius 2 is 1.90 bits per heavy atom. The van der Waals surface area contributed by atoms with Crippen LogP contribution in [0.5, 0.6) is 0 Å². The Labute approximate surface area is 130 Å². The first kappa shape index (κ1) is 15.5. The molecule has 0 saturated heterocycles. The summed E-state index contributed by atoms with van der Waals surface area (Å²) in [5, 5.41) is 19.1. The van der Waals surface area contributed by atoms with Crippen molar-refractivity contribution in [2.45, 2.75) is 12.8 Å². The number of aliphatic imine (C=N–C) groups is 1. The molecular weight excluding hydrogens is 317 g/mol. The minimum absolute atomic E-state index is 0.0888. The van der Waals surface area contributed by atoms with E-state index in [0.29, 0.717) is 5.56 Å². The fourth-order valence-electron chi connectivity index (χ4n) is 2.36. The summed E-state index contributed by atoms with van der Waals surface area (Å²) in [6, 6.07) is 4.73. The van der Waals surface area contributed by atoms with Crippen LogP contribution in [0.1, 0.15) is 18.4 Å². The summed E-state index contributed by atoms with van der Waals surface area (Å²) in [6.07, 6.45) is 1.23. The van der Waals surface area contributed by atoms with Gasteiger partial charge < -0.3 is 10.2 Å². The molecule has 0 spiro atoms. The molecule has 0 amide bonds. The molecule has 1 aliphatic heterocycles. The van der Waals surface area contributed by atoms with Crippen molar-refractivity contribution in [1.82, 2.24) is 0 Å². The van der Waals surface area contributed by atoms with Gasteiger partial charge in [0, 0.05) is 17.8 Å². The molecule has 2 N–H and O–H groups in total. The minimum atomic E-state index is -1.23. The molecule has 2 unspecified atom stereocenters. The van der Waals surface area contributed by atoms with Crippen LogP contribution in [0.4, 0.5) is 0 Å². The number of hydrogen-bond donors (Lipinski definition) is 2. The van der Waals surface area contributed by atoms with Crippen LogP contribution in [0.15, 0.2) is 34.5 Å². The fourth-order valence-corrected chi connectivity index (χ4v) is 2.78. The smallest absolute Gasteiger partial charge is 0.334 e. The van der Waals surface area contributed by atoms with E-state index in [2.05, 4.69) is 4.99 Å². The molecule has 1 aliphatic rings. The van der Waals surface area contributed by atoms with E-state index in [4.69, 9.17) is 23.2 Å². The number of nitrogens with zero attached hydrogens (tertiary/aromatic N) is 1. The second-order valence-corrected chi connectivity index (χ2v) is 5.35. The Balaban J connectivity index is 2.69. The second-order valence-electron chi connectivity index (χ2n) is 4.57. The van der Waals surface area contributed by atoms with Crippen LogP contribution >= 0.6 is 23.2 Å². The Bertz CT molecular complexity index is 682. The summed E-state index contributed by atoms with van der Waals surface area (Å²) in [4.78, 5) is 26.8. The van der Waals surface area contributed by atoms with Gasteiger partial charge in [-0.15, -0.1) is 0 Å². The van der Waals surface area contributed by atoms with Gasteiger partial charge in [-0.2, -0.15) is 0 Å². The summed E-state index contributed by atoms with van der Waals surface area (Å²) in [6.45, 7) is 1.52. The van der Waals surface area contributed by atoms with Crippen molar-refractivity contribution < 1.29 is 19.8 Å². The first-order valence-electron chi connectivity index (χ1n) is 5.99. The number of carboxylic acid groups (broad SMARTS) is 2.